The monoisotopic (exact) mass is 313 g/mol. The standard InChI is InChI=1S/C15H27N3O2S/c1-6-16-8-7-9-17(4)21(19,20)18(5)15-11-13(2)10-14(3)12-15/h10-12,16H,6-9H2,1-5H3. The molecular weight excluding hydrogens is 286 g/mol. The maximum atomic E-state index is 12.5. The van der Waals surface area contributed by atoms with Gasteiger partial charge in [-0.2, -0.15) is 12.7 Å². The summed E-state index contributed by atoms with van der Waals surface area (Å²) in [5, 5.41) is 3.20. The summed E-state index contributed by atoms with van der Waals surface area (Å²) in [5.41, 5.74) is 2.81. The minimum atomic E-state index is -3.47. The summed E-state index contributed by atoms with van der Waals surface area (Å²) in [5.74, 6) is 0. The first-order chi connectivity index (χ1) is 9.78. The molecule has 0 heterocycles. The van der Waals surface area contributed by atoms with Crippen molar-refractivity contribution in [1.82, 2.24) is 9.62 Å². The third kappa shape index (κ3) is 4.98. The van der Waals surface area contributed by atoms with E-state index in [9.17, 15) is 8.42 Å². The van der Waals surface area contributed by atoms with E-state index in [0.717, 1.165) is 30.6 Å². The molecule has 0 aromatic heterocycles. The van der Waals surface area contributed by atoms with Crippen LogP contribution < -0.4 is 9.62 Å². The van der Waals surface area contributed by atoms with Crippen LogP contribution in [-0.2, 0) is 10.2 Å². The van der Waals surface area contributed by atoms with Crippen LogP contribution in [0.1, 0.15) is 24.5 Å². The van der Waals surface area contributed by atoms with Gasteiger partial charge in [-0.15, -0.1) is 0 Å². The number of anilines is 1. The molecule has 1 aromatic rings. The molecule has 0 aliphatic heterocycles. The zero-order valence-electron chi connectivity index (χ0n) is 13.7. The summed E-state index contributed by atoms with van der Waals surface area (Å²) in [4.78, 5) is 0. The van der Waals surface area contributed by atoms with E-state index in [2.05, 4.69) is 5.32 Å². The molecule has 0 aliphatic rings. The van der Waals surface area contributed by atoms with Gasteiger partial charge in [0, 0.05) is 20.6 Å². The van der Waals surface area contributed by atoms with E-state index in [4.69, 9.17) is 0 Å². The van der Waals surface area contributed by atoms with Crippen LogP contribution >= 0.6 is 0 Å². The van der Waals surface area contributed by atoms with Gasteiger partial charge in [0.05, 0.1) is 5.69 Å². The summed E-state index contributed by atoms with van der Waals surface area (Å²) < 4.78 is 27.8. The van der Waals surface area contributed by atoms with Crippen molar-refractivity contribution in [3.8, 4) is 0 Å². The van der Waals surface area contributed by atoms with Crippen LogP contribution in [0, 0.1) is 13.8 Å². The van der Waals surface area contributed by atoms with Gasteiger partial charge < -0.3 is 5.32 Å². The van der Waals surface area contributed by atoms with Crippen LogP contribution in [0.15, 0.2) is 18.2 Å². The van der Waals surface area contributed by atoms with E-state index >= 15 is 0 Å². The Labute approximate surface area is 129 Å². The zero-order chi connectivity index (χ0) is 16.0. The van der Waals surface area contributed by atoms with Crippen LogP contribution in [0.2, 0.25) is 0 Å². The summed E-state index contributed by atoms with van der Waals surface area (Å²) in [6.45, 7) is 8.20. The van der Waals surface area contributed by atoms with E-state index in [-0.39, 0.29) is 0 Å². The average molecular weight is 313 g/mol. The lowest BCUT2D eigenvalue weighted by Crippen LogP contribution is -2.40. The largest absolute Gasteiger partial charge is 0.317 e. The number of nitrogens with one attached hydrogen (secondary N) is 1. The first kappa shape index (κ1) is 17.9. The highest BCUT2D eigenvalue weighted by Gasteiger charge is 2.23. The molecule has 120 valence electrons. The van der Waals surface area contributed by atoms with E-state index in [1.165, 1.54) is 8.61 Å². The summed E-state index contributed by atoms with van der Waals surface area (Å²) in [6.07, 6.45) is 0.796. The Hall–Kier alpha value is -1.11. The predicted molar refractivity (Wildman–Crippen MR) is 89.0 cm³/mol. The third-order valence-electron chi connectivity index (χ3n) is 3.39. The molecule has 0 spiro atoms. The van der Waals surface area contributed by atoms with Gasteiger partial charge in [0.2, 0.25) is 0 Å². The van der Waals surface area contributed by atoms with E-state index in [1.807, 2.05) is 39.0 Å². The fraction of sp³-hybridized carbons (Fsp3) is 0.600. The number of hydrogen-bond acceptors (Lipinski definition) is 3. The summed E-state index contributed by atoms with van der Waals surface area (Å²) in [7, 11) is -0.247. The fourth-order valence-corrected chi connectivity index (χ4v) is 3.34. The van der Waals surface area contributed by atoms with Gasteiger partial charge in [0.1, 0.15) is 0 Å². The number of nitrogens with zero attached hydrogens (tertiary/aromatic N) is 2. The van der Waals surface area contributed by atoms with E-state index in [0.29, 0.717) is 12.2 Å². The molecule has 0 aliphatic carbocycles. The Morgan fingerprint density at radius 2 is 1.67 bits per heavy atom. The molecule has 1 N–H and O–H groups in total. The van der Waals surface area contributed by atoms with Crippen LogP contribution in [0.5, 0.6) is 0 Å². The lowest BCUT2D eigenvalue weighted by Gasteiger charge is -2.26. The second kappa shape index (κ2) is 7.77. The molecule has 1 aromatic carbocycles. The maximum Gasteiger partial charge on any atom is 0.303 e. The van der Waals surface area contributed by atoms with Gasteiger partial charge in [-0.25, -0.2) is 0 Å². The van der Waals surface area contributed by atoms with Gasteiger partial charge in [0.15, 0.2) is 0 Å². The van der Waals surface area contributed by atoms with Crippen LogP contribution in [0.4, 0.5) is 5.69 Å². The van der Waals surface area contributed by atoms with E-state index < -0.39 is 10.2 Å². The molecule has 0 amide bonds. The Kier molecular flexibility index (Phi) is 6.64. The lowest BCUT2D eigenvalue weighted by atomic mass is 10.1. The van der Waals surface area contributed by atoms with Crippen molar-refractivity contribution < 1.29 is 8.42 Å². The van der Waals surface area contributed by atoms with Crippen molar-refractivity contribution in [1.29, 1.82) is 0 Å². The number of aryl methyl sites for hydroxylation is 2. The number of benzene rings is 1. The highest BCUT2D eigenvalue weighted by Crippen LogP contribution is 2.21. The molecule has 0 unspecified atom stereocenters. The van der Waals surface area contributed by atoms with Crippen LogP contribution in [0.3, 0.4) is 0 Å². The Morgan fingerprint density at radius 3 is 2.19 bits per heavy atom. The molecule has 0 saturated heterocycles. The minimum Gasteiger partial charge on any atom is -0.317 e. The number of hydrogen-bond donors (Lipinski definition) is 1. The smallest absolute Gasteiger partial charge is 0.303 e. The molecule has 0 radical (unpaired) electrons. The van der Waals surface area contributed by atoms with Crippen molar-refractivity contribution >= 4 is 15.9 Å². The molecule has 0 atom stereocenters. The topological polar surface area (TPSA) is 52.7 Å². The second-order valence-electron chi connectivity index (χ2n) is 5.35. The number of rotatable bonds is 8. The normalized spacial score (nSPS) is 11.9. The highest BCUT2D eigenvalue weighted by molar-refractivity contribution is 7.90. The zero-order valence-corrected chi connectivity index (χ0v) is 14.5. The van der Waals surface area contributed by atoms with Crippen LogP contribution in [-0.4, -0.2) is 46.5 Å². The summed E-state index contributed by atoms with van der Waals surface area (Å²) >= 11 is 0. The Morgan fingerprint density at radius 1 is 1.10 bits per heavy atom. The van der Waals surface area contributed by atoms with E-state index in [1.54, 1.807) is 14.1 Å². The molecule has 6 heteroatoms. The highest BCUT2D eigenvalue weighted by atomic mass is 32.2. The molecule has 21 heavy (non-hydrogen) atoms. The van der Waals surface area contributed by atoms with Crippen molar-refractivity contribution in [2.45, 2.75) is 27.2 Å². The van der Waals surface area contributed by atoms with Crippen LogP contribution in [0.25, 0.3) is 0 Å². The lowest BCUT2D eigenvalue weighted by molar-refractivity contribution is 0.454. The SMILES string of the molecule is CCNCCCN(C)S(=O)(=O)N(C)c1cc(C)cc(C)c1. The molecule has 0 fully saturated rings. The molecule has 0 bridgehead atoms. The first-order valence-corrected chi connectivity index (χ1v) is 8.68. The second-order valence-corrected chi connectivity index (χ2v) is 7.42. The van der Waals surface area contributed by atoms with Crippen molar-refractivity contribution in [3.63, 3.8) is 0 Å². The van der Waals surface area contributed by atoms with Gasteiger partial charge >= 0.3 is 10.2 Å². The van der Waals surface area contributed by atoms with Crippen molar-refractivity contribution in [2.75, 3.05) is 38.0 Å². The minimum absolute atomic E-state index is 0.504. The van der Waals surface area contributed by atoms with Gasteiger partial charge in [-0.1, -0.05) is 13.0 Å². The maximum absolute atomic E-state index is 12.5. The predicted octanol–water partition coefficient (Wildman–Crippen LogP) is 1.92. The third-order valence-corrected chi connectivity index (χ3v) is 5.26. The quantitative estimate of drug-likeness (QED) is 0.746. The van der Waals surface area contributed by atoms with Crippen molar-refractivity contribution in [3.05, 3.63) is 29.3 Å². The fourth-order valence-electron chi connectivity index (χ4n) is 2.19. The molecule has 1 rings (SSSR count). The Bertz CT molecular complexity index is 538. The summed E-state index contributed by atoms with van der Waals surface area (Å²) in [6, 6.07) is 5.80. The van der Waals surface area contributed by atoms with Crippen molar-refractivity contribution in [2.24, 2.45) is 0 Å². The van der Waals surface area contributed by atoms with Gasteiger partial charge in [-0.05, 0) is 56.6 Å². The Balaban J connectivity index is 2.80. The molecule has 5 nitrogen and oxygen atoms in total. The molecule has 0 saturated carbocycles. The average Bonchev–Trinajstić information content (AvgIpc) is 2.41. The van der Waals surface area contributed by atoms with Gasteiger partial charge in [0.25, 0.3) is 0 Å². The molecular formula is C15H27N3O2S. The first-order valence-electron chi connectivity index (χ1n) is 7.28. The van der Waals surface area contributed by atoms with Gasteiger partial charge in [-0.3, -0.25) is 4.31 Å².